The summed E-state index contributed by atoms with van der Waals surface area (Å²) in [4.78, 5) is 0. The highest BCUT2D eigenvalue weighted by Crippen LogP contribution is 2.52. The van der Waals surface area contributed by atoms with Gasteiger partial charge in [-0.1, -0.05) is 6.42 Å². The first-order valence-corrected chi connectivity index (χ1v) is 5.20. The lowest BCUT2D eigenvalue weighted by molar-refractivity contribution is -0.201. The van der Waals surface area contributed by atoms with E-state index in [0.29, 0.717) is 5.41 Å². The van der Waals surface area contributed by atoms with E-state index < -0.39 is 0 Å². The molecule has 2 heteroatoms. The van der Waals surface area contributed by atoms with Gasteiger partial charge in [0.2, 0.25) is 0 Å². The van der Waals surface area contributed by atoms with Crippen LogP contribution in [0.1, 0.15) is 19.3 Å². The number of ether oxygens (including phenoxy) is 1. The second-order valence-electron chi connectivity index (χ2n) is 4.71. The summed E-state index contributed by atoms with van der Waals surface area (Å²) in [6.45, 7) is 4.62. The largest absolute Gasteiger partial charge is 0.380 e. The lowest BCUT2D eigenvalue weighted by Crippen LogP contribution is -2.64. The lowest BCUT2D eigenvalue weighted by Gasteiger charge is -2.57. The van der Waals surface area contributed by atoms with Gasteiger partial charge in [-0.15, -0.1) is 0 Å². The first-order chi connectivity index (χ1) is 5.92. The van der Waals surface area contributed by atoms with Crippen molar-refractivity contribution in [3.8, 4) is 0 Å². The van der Waals surface area contributed by atoms with E-state index in [1.54, 1.807) is 0 Å². The van der Waals surface area contributed by atoms with Gasteiger partial charge in [-0.2, -0.15) is 0 Å². The minimum absolute atomic E-state index is 0.628. The predicted molar refractivity (Wildman–Crippen MR) is 47.0 cm³/mol. The van der Waals surface area contributed by atoms with Crippen LogP contribution >= 0.6 is 0 Å². The molecule has 68 valence electrons. The van der Waals surface area contributed by atoms with Gasteiger partial charge in [0.15, 0.2) is 0 Å². The van der Waals surface area contributed by atoms with Crippen LogP contribution in [0, 0.1) is 17.3 Å². The fraction of sp³-hybridized carbons (Fsp3) is 1.00. The van der Waals surface area contributed by atoms with E-state index in [9.17, 15) is 0 Å². The molecule has 2 nitrogen and oxygen atoms in total. The molecule has 0 aromatic heterocycles. The molecule has 1 aliphatic carbocycles. The van der Waals surface area contributed by atoms with E-state index in [2.05, 4.69) is 5.32 Å². The summed E-state index contributed by atoms with van der Waals surface area (Å²) >= 11 is 0. The third-order valence-electron chi connectivity index (χ3n) is 4.25. The zero-order chi connectivity index (χ0) is 8.02. The second kappa shape index (κ2) is 2.46. The van der Waals surface area contributed by atoms with Crippen molar-refractivity contribution in [1.82, 2.24) is 5.32 Å². The number of hydrogen-bond donors (Lipinski definition) is 1. The van der Waals surface area contributed by atoms with Gasteiger partial charge >= 0.3 is 0 Å². The molecular formula is C10H17NO. The molecule has 0 unspecified atom stereocenters. The molecule has 2 heterocycles. The van der Waals surface area contributed by atoms with Gasteiger partial charge in [0, 0.05) is 5.41 Å². The zero-order valence-electron chi connectivity index (χ0n) is 7.51. The van der Waals surface area contributed by atoms with E-state index in [-0.39, 0.29) is 0 Å². The van der Waals surface area contributed by atoms with Crippen LogP contribution in [-0.2, 0) is 4.74 Å². The highest BCUT2D eigenvalue weighted by molar-refractivity contribution is 5.03. The first-order valence-electron chi connectivity index (χ1n) is 5.20. The summed E-state index contributed by atoms with van der Waals surface area (Å²) in [6, 6.07) is 0. The Morgan fingerprint density at radius 2 is 1.83 bits per heavy atom. The van der Waals surface area contributed by atoms with Crippen LogP contribution in [-0.4, -0.2) is 26.3 Å². The van der Waals surface area contributed by atoms with Crippen molar-refractivity contribution in [3.63, 3.8) is 0 Å². The smallest absolute Gasteiger partial charge is 0.0551 e. The van der Waals surface area contributed by atoms with Crippen LogP contribution < -0.4 is 5.32 Å². The molecular weight excluding hydrogens is 150 g/mol. The van der Waals surface area contributed by atoms with Gasteiger partial charge in [0.05, 0.1) is 13.2 Å². The summed E-state index contributed by atoms with van der Waals surface area (Å²) in [5.74, 6) is 1.95. The average Bonchev–Trinajstić information content (AvgIpc) is 1.73. The Morgan fingerprint density at radius 1 is 1.08 bits per heavy atom. The first kappa shape index (κ1) is 7.34. The molecule has 2 saturated heterocycles. The van der Waals surface area contributed by atoms with Crippen LogP contribution in [0.5, 0.6) is 0 Å². The van der Waals surface area contributed by atoms with E-state index >= 15 is 0 Å². The number of nitrogens with one attached hydrogen (secondary N) is 1. The van der Waals surface area contributed by atoms with Crippen molar-refractivity contribution in [1.29, 1.82) is 0 Å². The minimum Gasteiger partial charge on any atom is -0.380 e. The fourth-order valence-electron chi connectivity index (χ4n) is 2.82. The average molecular weight is 167 g/mol. The minimum atomic E-state index is 0.628. The highest BCUT2D eigenvalue weighted by atomic mass is 16.5. The molecule has 1 N–H and O–H groups in total. The summed E-state index contributed by atoms with van der Waals surface area (Å²) < 4.78 is 5.42. The molecule has 1 saturated carbocycles. The molecule has 3 aliphatic rings. The van der Waals surface area contributed by atoms with E-state index in [4.69, 9.17) is 4.74 Å². The Bertz CT molecular complexity index is 164. The van der Waals surface area contributed by atoms with Crippen molar-refractivity contribution < 1.29 is 4.74 Å². The van der Waals surface area contributed by atoms with E-state index in [1.165, 1.54) is 32.4 Å². The third-order valence-corrected chi connectivity index (χ3v) is 4.25. The van der Waals surface area contributed by atoms with Crippen molar-refractivity contribution in [3.05, 3.63) is 0 Å². The fourth-order valence-corrected chi connectivity index (χ4v) is 2.82. The predicted octanol–water partition coefficient (Wildman–Crippen LogP) is 1.02. The Balaban J connectivity index is 1.73. The van der Waals surface area contributed by atoms with Crippen molar-refractivity contribution >= 4 is 0 Å². The molecule has 0 spiro atoms. The SMILES string of the molecule is C1CC(C2(C3CNC3)COC2)C1. The van der Waals surface area contributed by atoms with Gasteiger partial charge in [-0.3, -0.25) is 0 Å². The topological polar surface area (TPSA) is 21.3 Å². The maximum Gasteiger partial charge on any atom is 0.0551 e. The van der Waals surface area contributed by atoms with Crippen LogP contribution in [0.15, 0.2) is 0 Å². The van der Waals surface area contributed by atoms with Gasteiger partial charge in [-0.25, -0.2) is 0 Å². The molecule has 0 radical (unpaired) electrons. The summed E-state index contributed by atoms with van der Waals surface area (Å²) in [5, 5.41) is 3.38. The molecule has 12 heavy (non-hydrogen) atoms. The molecule has 0 bridgehead atoms. The number of hydrogen-bond acceptors (Lipinski definition) is 2. The molecule has 2 aliphatic heterocycles. The van der Waals surface area contributed by atoms with Gasteiger partial charge in [0.25, 0.3) is 0 Å². The monoisotopic (exact) mass is 167 g/mol. The normalized spacial score (nSPS) is 35.0. The quantitative estimate of drug-likeness (QED) is 0.663. The highest BCUT2D eigenvalue weighted by Gasteiger charge is 2.54. The molecule has 3 rings (SSSR count). The Labute approximate surface area is 73.7 Å². The van der Waals surface area contributed by atoms with Gasteiger partial charge in [-0.05, 0) is 37.8 Å². The maximum atomic E-state index is 5.42. The van der Waals surface area contributed by atoms with E-state index in [0.717, 1.165) is 25.0 Å². The molecule has 0 atom stereocenters. The van der Waals surface area contributed by atoms with E-state index in [1.807, 2.05) is 0 Å². The Hall–Kier alpha value is -0.0800. The molecule has 0 aromatic rings. The van der Waals surface area contributed by atoms with Gasteiger partial charge < -0.3 is 10.1 Å². The van der Waals surface area contributed by atoms with Crippen LogP contribution in [0.3, 0.4) is 0 Å². The van der Waals surface area contributed by atoms with Gasteiger partial charge in [0.1, 0.15) is 0 Å². The Morgan fingerprint density at radius 3 is 2.08 bits per heavy atom. The van der Waals surface area contributed by atoms with Crippen molar-refractivity contribution in [2.45, 2.75) is 19.3 Å². The number of rotatable bonds is 2. The molecule has 0 aromatic carbocycles. The van der Waals surface area contributed by atoms with Crippen LogP contribution in [0.25, 0.3) is 0 Å². The van der Waals surface area contributed by atoms with Crippen molar-refractivity contribution in [2.24, 2.45) is 17.3 Å². The summed E-state index contributed by atoms with van der Waals surface area (Å²) in [7, 11) is 0. The standard InChI is InChI=1S/C10H17NO/c1-2-8(3-1)10(6-12-7-10)9-4-11-5-9/h8-9,11H,1-7H2. The lowest BCUT2D eigenvalue weighted by atomic mass is 9.57. The van der Waals surface area contributed by atoms with Crippen molar-refractivity contribution in [2.75, 3.05) is 26.3 Å². The molecule has 0 amide bonds. The molecule has 3 fully saturated rings. The second-order valence-corrected chi connectivity index (χ2v) is 4.71. The third kappa shape index (κ3) is 0.775. The van der Waals surface area contributed by atoms with Crippen LogP contribution in [0.2, 0.25) is 0 Å². The van der Waals surface area contributed by atoms with Crippen LogP contribution in [0.4, 0.5) is 0 Å². The zero-order valence-corrected chi connectivity index (χ0v) is 7.51. The maximum absolute atomic E-state index is 5.42. The summed E-state index contributed by atoms with van der Waals surface area (Å²) in [6.07, 6.45) is 4.41. The Kier molecular flexibility index (Phi) is 1.50. The summed E-state index contributed by atoms with van der Waals surface area (Å²) in [5.41, 5.74) is 0.628.